The standard InChI is InChI=1S/C17H22N2O4S/c1-12(2)17-11-15(18-23-17)16-5-4-10-19(16)24(20,21)14-8-6-13(22-3)7-9-14/h6-9,11-12,16H,4-5,10H2,1-3H3/t16-/m1/s1. The summed E-state index contributed by atoms with van der Waals surface area (Å²) in [5.74, 6) is 1.63. The summed E-state index contributed by atoms with van der Waals surface area (Å²) in [6.45, 7) is 4.53. The fraction of sp³-hybridized carbons (Fsp3) is 0.471. The Hall–Kier alpha value is -1.86. The van der Waals surface area contributed by atoms with E-state index < -0.39 is 10.0 Å². The van der Waals surface area contributed by atoms with E-state index in [0.717, 1.165) is 18.6 Å². The zero-order valence-electron chi connectivity index (χ0n) is 14.1. The molecular formula is C17H22N2O4S. The summed E-state index contributed by atoms with van der Waals surface area (Å²) >= 11 is 0. The van der Waals surface area contributed by atoms with Crippen LogP contribution in [0.3, 0.4) is 0 Å². The first-order chi connectivity index (χ1) is 11.4. The van der Waals surface area contributed by atoms with E-state index in [4.69, 9.17) is 9.26 Å². The highest BCUT2D eigenvalue weighted by Crippen LogP contribution is 2.37. The van der Waals surface area contributed by atoms with E-state index in [-0.39, 0.29) is 16.9 Å². The van der Waals surface area contributed by atoms with Gasteiger partial charge in [0.2, 0.25) is 10.0 Å². The lowest BCUT2D eigenvalue weighted by atomic mass is 10.1. The monoisotopic (exact) mass is 350 g/mol. The Balaban J connectivity index is 1.90. The van der Waals surface area contributed by atoms with Crippen LogP contribution in [0.4, 0.5) is 0 Å². The molecular weight excluding hydrogens is 328 g/mol. The van der Waals surface area contributed by atoms with Crippen molar-refractivity contribution in [3.05, 3.63) is 41.8 Å². The van der Waals surface area contributed by atoms with Crippen LogP contribution in [-0.4, -0.2) is 31.5 Å². The molecule has 0 spiro atoms. The number of hydrogen-bond acceptors (Lipinski definition) is 5. The summed E-state index contributed by atoms with van der Waals surface area (Å²) in [6, 6.07) is 8.07. The van der Waals surface area contributed by atoms with Crippen molar-refractivity contribution < 1.29 is 17.7 Å². The third kappa shape index (κ3) is 3.06. The highest BCUT2D eigenvalue weighted by atomic mass is 32.2. The molecule has 0 radical (unpaired) electrons. The van der Waals surface area contributed by atoms with Crippen LogP contribution in [0, 0.1) is 0 Å². The molecule has 0 bridgehead atoms. The van der Waals surface area contributed by atoms with E-state index in [2.05, 4.69) is 5.16 Å². The minimum Gasteiger partial charge on any atom is -0.497 e. The quantitative estimate of drug-likeness (QED) is 0.827. The van der Waals surface area contributed by atoms with Gasteiger partial charge < -0.3 is 9.26 Å². The SMILES string of the molecule is COc1ccc(S(=O)(=O)N2CCC[C@@H]2c2cc(C(C)C)on2)cc1. The molecule has 0 amide bonds. The maximum atomic E-state index is 13.0. The molecule has 1 aromatic heterocycles. The molecule has 7 heteroatoms. The van der Waals surface area contributed by atoms with E-state index in [9.17, 15) is 8.42 Å². The third-order valence-electron chi connectivity index (χ3n) is 4.33. The van der Waals surface area contributed by atoms with E-state index >= 15 is 0 Å². The molecule has 24 heavy (non-hydrogen) atoms. The number of aromatic nitrogens is 1. The summed E-state index contributed by atoms with van der Waals surface area (Å²) in [5.41, 5.74) is 0.688. The first kappa shape index (κ1) is 17.0. The molecule has 1 atom stereocenters. The topological polar surface area (TPSA) is 72.6 Å². The van der Waals surface area contributed by atoms with E-state index in [1.165, 1.54) is 4.31 Å². The first-order valence-corrected chi connectivity index (χ1v) is 9.50. The van der Waals surface area contributed by atoms with Crippen molar-refractivity contribution in [2.24, 2.45) is 0 Å². The van der Waals surface area contributed by atoms with Crippen LogP contribution in [0.1, 0.15) is 50.1 Å². The lowest BCUT2D eigenvalue weighted by molar-refractivity contribution is 0.338. The maximum Gasteiger partial charge on any atom is 0.243 e. The first-order valence-electron chi connectivity index (χ1n) is 8.06. The van der Waals surface area contributed by atoms with Gasteiger partial charge in [-0.1, -0.05) is 19.0 Å². The van der Waals surface area contributed by atoms with Gasteiger partial charge >= 0.3 is 0 Å². The van der Waals surface area contributed by atoms with Gasteiger partial charge in [0.25, 0.3) is 0 Å². The number of nitrogens with zero attached hydrogens (tertiary/aromatic N) is 2. The fourth-order valence-corrected chi connectivity index (χ4v) is 4.61. The van der Waals surface area contributed by atoms with Crippen LogP contribution in [0.2, 0.25) is 0 Å². The lowest BCUT2D eigenvalue weighted by Crippen LogP contribution is -2.30. The Morgan fingerprint density at radius 2 is 2.00 bits per heavy atom. The Kier molecular flexibility index (Phi) is 4.64. The number of rotatable bonds is 5. The van der Waals surface area contributed by atoms with Crippen molar-refractivity contribution in [3.8, 4) is 5.75 Å². The zero-order valence-corrected chi connectivity index (χ0v) is 14.9. The van der Waals surface area contributed by atoms with E-state index in [0.29, 0.717) is 18.0 Å². The van der Waals surface area contributed by atoms with Crippen LogP contribution >= 0.6 is 0 Å². The van der Waals surface area contributed by atoms with Gasteiger partial charge in [-0.15, -0.1) is 0 Å². The summed E-state index contributed by atoms with van der Waals surface area (Å²) in [7, 11) is -2.02. The second-order valence-corrected chi connectivity index (χ2v) is 8.15. The van der Waals surface area contributed by atoms with Crippen molar-refractivity contribution in [2.75, 3.05) is 13.7 Å². The average molecular weight is 350 g/mol. The van der Waals surface area contributed by atoms with Crippen molar-refractivity contribution in [2.45, 2.75) is 43.5 Å². The number of ether oxygens (including phenoxy) is 1. The average Bonchev–Trinajstić information content (AvgIpc) is 3.23. The number of sulfonamides is 1. The molecule has 1 aliphatic heterocycles. The summed E-state index contributed by atoms with van der Waals surface area (Å²) in [4.78, 5) is 0.266. The van der Waals surface area contributed by atoms with Gasteiger partial charge in [0.1, 0.15) is 17.2 Å². The molecule has 0 unspecified atom stereocenters. The van der Waals surface area contributed by atoms with Gasteiger partial charge in [0.15, 0.2) is 0 Å². The Morgan fingerprint density at radius 1 is 1.29 bits per heavy atom. The van der Waals surface area contributed by atoms with Gasteiger partial charge in [0.05, 0.1) is 18.0 Å². The highest BCUT2D eigenvalue weighted by molar-refractivity contribution is 7.89. The van der Waals surface area contributed by atoms with Gasteiger partial charge in [0, 0.05) is 18.5 Å². The number of hydrogen-bond donors (Lipinski definition) is 0. The van der Waals surface area contributed by atoms with Crippen LogP contribution in [0.15, 0.2) is 39.8 Å². The molecule has 0 aliphatic carbocycles. The molecule has 3 rings (SSSR count). The largest absolute Gasteiger partial charge is 0.497 e. The van der Waals surface area contributed by atoms with Crippen LogP contribution in [0.25, 0.3) is 0 Å². The molecule has 1 saturated heterocycles. The van der Waals surface area contributed by atoms with Crippen molar-refractivity contribution in [1.29, 1.82) is 0 Å². The minimum absolute atomic E-state index is 0.222. The Morgan fingerprint density at radius 3 is 2.58 bits per heavy atom. The molecule has 130 valence electrons. The normalized spacial score (nSPS) is 19.1. The second kappa shape index (κ2) is 6.57. The fourth-order valence-electron chi connectivity index (χ4n) is 2.94. The molecule has 1 aliphatic rings. The number of methoxy groups -OCH3 is 1. The van der Waals surface area contributed by atoms with Crippen LogP contribution in [0.5, 0.6) is 5.75 Å². The Labute approximate surface area is 142 Å². The van der Waals surface area contributed by atoms with Crippen molar-refractivity contribution in [1.82, 2.24) is 9.46 Å². The van der Waals surface area contributed by atoms with Gasteiger partial charge in [-0.25, -0.2) is 8.42 Å². The number of benzene rings is 1. The third-order valence-corrected chi connectivity index (χ3v) is 6.25. The van der Waals surface area contributed by atoms with Crippen molar-refractivity contribution in [3.63, 3.8) is 0 Å². The van der Waals surface area contributed by atoms with Crippen molar-refractivity contribution >= 4 is 10.0 Å². The Bertz CT molecular complexity index is 796. The van der Waals surface area contributed by atoms with Gasteiger partial charge in [-0.2, -0.15) is 4.31 Å². The summed E-state index contributed by atoms with van der Waals surface area (Å²) in [5, 5.41) is 4.10. The highest BCUT2D eigenvalue weighted by Gasteiger charge is 2.38. The molecule has 0 N–H and O–H groups in total. The summed E-state index contributed by atoms with van der Waals surface area (Å²) < 4.78 is 37.9. The molecule has 6 nitrogen and oxygen atoms in total. The summed E-state index contributed by atoms with van der Waals surface area (Å²) in [6.07, 6.45) is 1.56. The van der Waals surface area contributed by atoms with Crippen LogP contribution < -0.4 is 4.74 Å². The van der Waals surface area contributed by atoms with E-state index in [1.807, 2.05) is 19.9 Å². The molecule has 0 saturated carbocycles. The second-order valence-electron chi connectivity index (χ2n) is 6.26. The maximum absolute atomic E-state index is 13.0. The lowest BCUT2D eigenvalue weighted by Gasteiger charge is -2.22. The zero-order chi connectivity index (χ0) is 17.3. The van der Waals surface area contributed by atoms with Gasteiger partial charge in [-0.3, -0.25) is 0 Å². The van der Waals surface area contributed by atoms with E-state index in [1.54, 1.807) is 31.4 Å². The van der Waals surface area contributed by atoms with Gasteiger partial charge in [-0.05, 0) is 37.1 Å². The molecule has 1 aromatic carbocycles. The predicted molar refractivity (Wildman–Crippen MR) is 89.5 cm³/mol. The molecule has 2 aromatic rings. The minimum atomic E-state index is -3.58. The van der Waals surface area contributed by atoms with Crippen LogP contribution in [-0.2, 0) is 10.0 Å². The smallest absolute Gasteiger partial charge is 0.243 e. The molecule has 2 heterocycles. The molecule has 1 fully saturated rings. The predicted octanol–water partition coefficient (Wildman–Crippen LogP) is 3.33.